The number of rotatable bonds is 3. The molecular formula is C22H20N6O2S. The number of carbonyl (C=O) groups excluding carboxylic acids is 1. The van der Waals surface area contributed by atoms with Crippen LogP contribution in [0.15, 0.2) is 23.6 Å². The van der Waals surface area contributed by atoms with Gasteiger partial charge in [0, 0.05) is 5.56 Å². The predicted molar refractivity (Wildman–Crippen MR) is 121 cm³/mol. The molecule has 156 valence electrons. The van der Waals surface area contributed by atoms with E-state index in [0.717, 1.165) is 21.6 Å². The molecule has 0 atom stereocenters. The first-order chi connectivity index (χ1) is 14.8. The summed E-state index contributed by atoms with van der Waals surface area (Å²) in [6, 6.07) is 5.32. The van der Waals surface area contributed by atoms with Crippen LogP contribution >= 0.6 is 11.3 Å². The van der Waals surface area contributed by atoms with Crippen LogP contribution in [0.3, 0.4) is 0 Å². The summed E-state index contributed by atoms with van der Waals surface area (Å²) in [6.45, 7) is 7.43. The molecule has 5 rings (SSSR count). The fourth-order valence-electron chi connectivity index (χ4n) is 3.85. The van der Waals surface area contributed by atoms with Crippen molar-refractivity contribution in [1.29, 1.82) is 0 Å². The molecule has 0 saturated heterocycles. The number of nitrogens with two attached hydrogens (primary N) is 1. The predicted octanol–water partition coefficient (Wildman–Crippen LogP) is 4.11. The topological polar surface area (TPSA) is 123 Å². The number of imidazole rings is 1. The number of aryl methyl sites for hydroxylation is 3. The lowest BCUT2D eigenvalue weighted by Gasteiger charge is -2.15. The van der Waals surface area contributed by atoms with Gasteiger partial charge in [-0.1, -0.05) is 6.07 Å². The number of phenolic OH excluding ortho intramolecular Hbond substituents is 1. The molecule has 0 aliphatic heterocycles. The van der Waals surface area contributed by atoms with Gasteiger partial charge in [-0.15, -0.1) is 11.3 Å². The number of anilines is 1. The second kappa shape index (κ2) is 6.64. The Balaban J connectivity index is 1.85. The van der Waals surface area contributed by atoms with Gasteiger partial charge in [-0.25, -0.2) is 15.0 Å². The first-order valence-corrected chi connectivity index (χ1v) is 10.6. The van der Waals surface area contributed by atoms with Crippen molar-refractivity contribution in [3.63, 3.8) is 0 Å². The number of hydrogen-bond acceptors (Lipinski definition) is 7. The van der Waals surface area contributed by atoms with Crippen molar-refractivity contribution >= 4 is 44.4 Å². The van der Waals surface area contributed by atoms with Crippen molar-refractivity contribution in [2.45, 2.75) is 27.7 Å². The van der Waals surface area contributed by atoms with E-state index in [1.54, 1.807) is 23.6 Å². The lowest BCUT2D eigenvalue weighted by Crippen LogP contribution is -2.10. The number of ketones is 1. The highest BCUT2D eigenvalue weighted by molar-refractivity contribution is 7.16. The highest BCUT2D eigenvalue weighted by Crippen LogP contribution is 2.36. The fraction of sp³-hybridized carbons (Fsp3) is 0.182. The molecule has 9 heteroatoms. The van der Waals surface area contributed by atoms with E-state index < -0.39 is 0 Å². The molecule has 4 aromatic heterocycles. The average Bonchev–Trinajstić information content (AvgIpc) is 3.39. The summed E-state index contributed by atoms with van der Waals surface area (Å²) in [4.78, 5) is 31.2. The Bertz CT molecular complexity index is 1500. The van der Waals surface area contributed by atoms with Gasteiger partial charge in [0.05, 0.1) is 28.2 Å². The SMILES string of the molecule is Cc1ccc(O)c(C)c1-n1c(N)c(C(=O)c2nc3sccc3[nH]2)c2nc(C)c(C)nc21. The number of H-pyrrole nitrogens is 1. The maximum Gasteiger partial charge on any atom is 0.234 e. The van der Waals surface area contributed by atoms with Crippen molar-refractivity contribution in [3.8, 4) is 11.4 Å². The molecule has 0 aliphatic carbocycles. The Morgan fingerprint density at radius 1 is 1.10 bits per heavy atom. The molecule has 8 nitrogen and oxygen atoms in total. The minimum absolute atomic E-state index is 0.137. The molecule has 0 saturated carbocycles. The number of aromatic amines is 1. The minimum atomic E-state index is -0.349. The van der Waals surface area contributed by atoms with Crippen LogP contribution in [0.1, 0.15) is 38.7 Å². The summed E-state index contributed by atoms with van der Waals surface area (Å²) in [5.74, 6) is 0.203. The van der Waals surface area contributed by atoms with E-state index in [1.165, 1.54) is 11.3 Å². The van der Waals surface area contributed by atoms with Crippen LogP contribution in [-0.2, 0) is 0 Å². The molecule has 4 heterocycles. The zero-order valence-electron chi connectivity index (χ0n) is 17.4. The number of thiophene rings is 1. The summed E-state index contributed by atoms with van der Waals surface area (Å²) >= 11 is 1.45. The average molecular weight is 433 g/mol. The summed E-state index contributed by atoms with van der Waals surface area (Å²) in [7, 11) is 0. The molecule has 4 N–H and O–H groups in total. The molecule has 0 unspecified atom stereocenters. The van der Waals surface area contributed by atoms with E-state index in [0.29, 0.717) is 28.1 Å². The summed E-state index contributed by atoms with van der Waals surface area (Å²) in [5.41, 5.74) is 12.2. The van der Waals surface area contributed by atoms with Crippen LogP contribution in [0.4, 0.5) is 5.82 Å². The maximum atomic E-state index is 13.5. The quantitative estimate of drug-likeness (QED) is 0.369. The lowest BCUT2D eigenvalue weighted by atomic mass is 10.1. The number of nitrogen functional groups attached to an aromatic ring is 1. The Morgan fingerprint density at radius 2 is 1.84 bits per heavy atom. The second-order valence-corrected chi connectivity index (χ2v) is 8.49. The number of hydrogen-bond donors (Lipinski definition) is 3. The van der Waals surface area contributed by atoms with Gasteiger partial charge >= 0.3 is 0 Å². The Labute approximate surface area is 181 Å². The number of aromatic hydroxyl groups is 1. The molecule has 0 fully saturated rings. The Morgan fingerprint density at radius 3 is 2.58 bits per heavy atom. The lowest BCUT2D eigenvalue weighted by molar-refractivity contribution is 0.103. The molecule has 0 bridgehead atoms. The van der Waals surface area contributed by atoms with Gasteiger partial charge in [0.25, 0.3) is 0 Å². The second-order valence-electron chi connectivity index (χ2n) is 7.59. The van der Waals surface area contributed by atoms with E-state index in [-0.39, 0.29) is 28.7 Å². The summed E-state index contributed by atoms with van der Waals surface area (Å²) in [5, 5.41) is 12.2. The largest absolute Gasteiger partial charge is 0.508 e. The third kappa shape index (κ3) is 2.73. The number of fused-ring (bicyclic) bond motifs is 2. The van der Waals surface area contributed by atoms with Crippen LogP contribution in [0, 0.1) is 27.7 Å². The van der Waals surface area contributed by atoms with E-state index in [9.17, 15) is 9.90 Å². The van der Waals surface area contributed by atoms with Gasteiger partial charge in [0.15, 0.2) is 11.5 Å². The number of phenols is 1. The highest BCUT2D eigenvalue weighted by atomic mass is 32.1. The highest BCUT2D eigenvalue weighted by Gasteiger charge is 2.29. The Hall–Kier alpha value is -3.72. The molecule has 0 spiro atoms. The minimum Gasteiger partial charge on any atom is -0.508 e. The standard InChI is InChI=1S/C22H20N6O2S/c1-9-5-6-14(29)10(2)17(9)28-19(23)15(16-21(28)25-12(4)11(3)24-16)18(30)20-26-13-7-8-31-22(13)27-20/h5-8,29H,23H2,1-4H3,(H,26,27). The maximum absolute atomic E-state index is 13.5. The zero-order valence-corrected chi connectivity index (χ0v) is 18.3. The van der Waals surface area contributed by atoms with Crippen molar-refractivity contribution in [1.82, 2.24) is 24.5 Å². The number of nitrogens with one attached hydrogen (secondary N) is 1. The smallest absolute Gasteiger partial charge is 0.234 e. The van der Waals surface area contributed by atoms with Crippen molar-refractivity contribution in [2.24, 2.45) is 0 Å². The van der Waals surface area contributed by atoms with E-state index in [4.69, 9.17) is 10.7 Å². The molecular weight excluding hydrogens is 412 g/mol. The zero-order chi connectivity index (χ0) is 22.0. The van der Waals surface area contributed by atoms with Crippen LogP contribution in [0.2, 0.25) is 0 Å². The molecule has 0 amide bonds. The van der Waals surface area contributed by atoms with Gasteiger partial charge in [0.1, 0.15) is 21.9 Å². The van der Waals surface area contributed by atoms with Crippen LogP contribution in [0.5, 0.6) is 5.75 Å². The summed E-state index contributed by atoms with van der Waals surface area (Å²) in [6.07, 6.45) is 0. The van der Waals surface area contributed by atoms with Crippen LogP contribution in [-0.4, -0.2) is 35.4 Å². The number of aromatic nitrogens is 5. The van der Waals surface area contributed by atoms with Crippen molar-refractivity contribution in [2.75, 3.05) is 5.73 Å². The fourth-order valence-corrected chi connectivity index (χ4v) is 4.57. The number of nitrogens with zero attached hydrogens (tertiary/aromatic N) is 4. The van der Waals surface area contributed by atoms with Gasteiger partial charge < -0.3 is 15.8 Å². The van der Waals surface area contributed by atoms with Gasteiger partial charge in [0.2, 0.25) is 5.78 Å². The monoisotopic (exact) mass is 432 g/mol. The number of benzene rings is 1. The molecule has 5 aromatic rings. The van der Waals surface area contributed by atoms with Gasteiger partial charge in [-0.05, 0) is 50.8 Å². The first kappa shape index (κ1) is 19.3. The van der Waals surface area contributed by atoms with Crippen LogP contribution < -0.4 is 5.73 Å². The molecule has 0 aliphatic rings. The molecule has 31 heavy (non-hydrogen) atoms. The number of carbonyl (C=O) groups is 1. The third-order valence-electron chi connectivity index (χ3n) is 5.62. The normalized spacial score (nSPS) is 11.6. The van der Waals surface area contributed by atoms with E-state index >= 15 is 0 Å². The van der Waals surface area contributed by atoms with Gasteiger partial charge in [-0.2, -0.15) is 0 Å². The van der Waals surface area contributed by atoms with Gasteiger partial charge in [-0.3, -0.25) is 9.36 Å². The molecule has 0 radical (unpaired) electrons. The molecule has 1 aromatic carbocycles. The third-order valence-corrected chi connectivity index (χ3v) is 6.42. The summed E-state index contributed by atoms with van der Waals surface area (Å²) < 4.78 is 1.71. The van der Waals surface area contributed by atoms with Crippen molar-refractivity contribution < 1.29 is 9.90 Å². The van der Waals surface area contributed by atoms with Crippen LogP contribution in [0.25, 0.3) is 27.2 Å². The van der Waals surface area contributed by atoms with E-state index in [1.807, 2.05) is 32.2 Å². The Kier molecular flexibility index (Phi) is 4.13. The first-order valence-electron chi connectivity index (χ1n) is 9.70. The van der Waals surface area contributed by atoms with E-state index in [2.05, 4.69) is 15.0 Å². The van der Waals surface area contributed by atoms with Crippen molar-refractivity contribution in [3.05, 3.63) is 57.5 Å².